The zero-order chi connectivity index (χ0) is 21.8. The number of hydrogen-bond acceptors (Lipinski definition) is 6. The van der Waals surface area contributed by atoms with Gasteiger partial charge in [0, 0.05) is 15.9 Å². The molecule has 0 saturated carbocycles. The summed E-state index contributed by atoms with van der Waals surface area (Å²) in [5, 5.41) is 11.6. The molecule has 1 aliphatic heterocycles. The molecule has 5 nitrogen and oxygen atoms in total. The molecule has 0 unspecified atom stereocenters. The zero-order valence-electron chi connectivity index (χ0n) is 16.1. The molecule has 4 rings (SSSR count). The summed E-state index contributed by atoms with van der Waals surface area (Å²) in [6.45, 7) is 0.370. The quantitative estimate of drug-likeness (QED) is 0.189. The number of rotatable bonds is 6. The van der Waals surface area contributed by atoms with E-state index in [1.54, 1.807) is 18.2 Å². The lowest BCUT2D eigenvalue weighted by Crippen LogP contribution is -2.27. The fourth-order valence-electron chi connectivity index (χ4n) is 3.05. The minimum absolute atomic E-state index is 0.0502. The van der Waals surface area contributed by atoms with Gasteiger partial charge >= 0.3 is 0 Å². The number of hydrogen-bond donors (Lipinski definition) is 0. The Morgan fingerprint density at radius 1 is 1.00 bits per heavy atom. The van der Waals surface area contributed by atoms with Gasteiger partial charge in [0.05, 0.1) is 21.9 Å². The van der Waals surface area contributed by atoms with Gasteiger partial charge in [-0.05, 0) is 35.9 Å². The molecular formula is C23H16N2O3S3. The molecule has 1 saturated heterocycles. The van der Waals surface area contributed by atoms with Crippen LogP contribution in [0.1, 0.15) is 11.1 Å². The highest BCUT2D eigenvalue weighted by atomic mass is 32.2. The average molecular weight is 465 g/mol. The smallest absolute Gasteiger partial charge is 0.276 e. The van der Waals surface area contributed by atoms with Crippen LogP contribution in [0.25, 0.3) is 6.08 Å². The number of amides is 1. The summed E-state index contributed by atoms with van der Waals surface area (Å²) in [6, 6.07) is 24.3. The fraction of sp³-hybridized carbons (Fsp3) is 0.0435. The predicted octanol–water partition coefficient (Wildman–Crippen LogP) is 6.15. The minimum atomic E-state index is -0.437. The maximum absolute atomic E-state index is 13.0. The Balaban J connectivity index is 1.63. The van der Waals surface area contributed by atoms with Gasteiger partial charge in [0.25, 0.3) is 11.6 Å². The van der Waals surface area contributed by atoms with E-state index in [-0.39, 0.29) is 11.6 Å². The van der Waals surface area contributed by atoms with Crippen molar-refractivity contribution in [3.63, 3.8) is 0 Å². The molecule has 1 aliphatic rings. The first kappa shape index (κ1) is 21.3. The van der Waals surface area contributed by atoms with Gasteiger partial charge in [-0.3, -0.25) is 19.8 Å². The number of thiocarbonyl (C=S) groups is 1. The Morgan fingerprint density at radius 2 is 1.68 bits per heavy atom. The van der Waals surface area contributed by atoms with Gasteiger partial charge in [-0.1, -0.05) is 84.3 Å². The van der Waals surface area contributed by atoms with Crippen LogP contribution in [0.3, 0.4) is 0 Å². The Bertz CT molecular complexity index is 1180. The number of benzene rings is 3. The standard InChI is InChI=1S/C23H16N2O3S3/c26-22-21(31-23(29)24(22)15-16-7-3-1-4-8-16)14-17-13-19(11-12-20(17)25(27)28)30-18-9-5-2-6-10-18/h1-14H,15H2. The molecule has 0 aliphatic carbocycles. The second-order valence-electron chi connectivity index (χ2n) is 6.65. The Hall–Kier alpha value is -2.94. The van der Waals surface area contributed by atoms with Crippen molar-refractivity contribution < 1.29 is 9.72 Å². The van der Waals surface area contributed by atoms with Crippen LogP contribution in [-0.4, -0.2) is 20.1 Å². The third-order valence-corrected chi connectivity index (χ3v) is 6.89. The molecule has 0 N–H and O–H groups in total. The van der Waals surface area contributed by atoms with E-state index in [9.17, 15) is 14.9 Å². The fourth-order valence-corrected chi connectivity index (χ4v) is 5.18. The second-order valence-corrected chi connectivity index (χ2v) is 9.47. The van der Waals surface area contributed by atoms with E-state index in [2.05, 4.69) is 0 Å². The maximum Gasteiger partial charge on any atom is 0.276 e. The van der Waals surface area contributed by atoms with Crippen molar-refractivity contribution in [2.24, 2.45) is 0 Å². The second kappa shape index (κ2) is 9.47. The minimum Gasteiger partial charge on any atom is -0.288 e. The molecule has 31 heavy (non-hydrogen) atoms. The predicted molar refractivity (Wildman–Crippen MR) is 129 cm³/mol. The zero-order valence-corrected chi connectivity index (χ0v) is 18.6. The molecule has 8 heteroatoms. The molecule has 3 aromatic carbocycles. The number of nitrogens with zero attached hydrogens (tertiary/aromatic N) is 2. The highest BCUT2D eigenvalue weighted by molar-refractivity contribution is 8.26. The highest BCUT2D eigenvalue weighted by Crippen LogP contribution is 2.37. The molecule has 0 bridgehead atoms. The van der Waals surface area contributed by atoms with Gasteiger partial charge in [0.2, 0.25) is 0 Å². The van der Waals surface area contributed by atoms with E-state index in [4.69, 9.17) is 12.2 Å². The molecule has 154 valence electrons. The largest absolute Gasteiger partial charge is 0.288 e. The van der Waals surface area contributed by atoms with Crippen LogP contribution in [0.4, 0.5) is 5.69 Å². The van der Waals surface area contributed by atoms with Gasteiger partial charge < -0.3 is 0 Å². The van der Waals surface area contributed by atoms with Gasteiger partial charge in [-0.2, -0.15) is 0 Å². The third-order valence-electron chi connectivity index (χ3n) is 4.52. The molecule has 0 spiro atoms. The maximum atomic E-state index is 13.0. The van der Waals surface area contributed by atoms with Crippen LogP contribution < -0.4 is 0 Å². The molecule has 3 aromatic rings. The van der Waals surface area contributed by atoms with Crippen molar-refractivity contribution in [3.05, 3.63) is 105 Å². The molecule has 1 amide bonds. The number of carbonyl (C=O) groups excluding carboxylic acids is 1. The van der Waals surface area contributed by atoms with E-state index in [1.165, 1.54) is 34.5 Å². The van der Waals surface area contributed by atoms with Crippen molar-refractivity contribution in [1.82, 2.24) is 4.90 Å². The highest BCUT2D eigenvalue weighted by Gasteiger charge is 2.32. The number of nitro groups is 1. The monoisotopic (exact) mass is 464 g/mol. The van der Waals surface area contributed by atoms with E-state index in [0.717, 1.165) is 15.4 Å². The first-order valence-corrected chi connectivity index (χ1v) is 11.4. The lowest BCUT2D eigenvalue weighted by Gasteiger charge is -2.14. The van der Waals surface area contributed by atoms with Gasteiger partial charge in [-0.25, -0.2) is 0 Å². The van der Waals surface area contributed by atoms with Crippen LogP contribution >= 0.6 is 35.7 Å². The van der Waals surface area contributed by atoms with Gasteiger partial charge in [0.1, 0.15) is 4.32 Å². The molecular weight excluding hydrogens is 448 g/mol. The summed E-state index contributed by atoms with van der Waals surface area (Å²) in [5.41, 5.74) is 1.30. The summed E-state index contributed by atoms with van der Waals surface area (Å²) in [6.07, 6.45) is 1.57. The van der Waals surface area contributed by atoms with E-state index in [0.29, 0.717) is 21.3 Å². The summed E-state index contributed by atoms with van der Waals surface area (Å²) in [4.78, 5) is 27.9. The normalized spacial score (nSPS) is 15.0. The van der Waals surface area contributed by atoms with Crippen LogP contribution in [0, 0.1) is 10.1 Å². The van der Waals surface area contributed by atoms with Gasteiger partial charge in [0.15, 0.2) is 0 Å². The summed E-state index contributed by atoms with van der Waals surface area (Å²) < 4.78 is 0.442. The van der Waals surface area contributed by atoms with E-state index in [1.807, 2.05) is 60.7 Å². The topological polar surface area (TPSA) is 63.4 Å². The van der Waals surface area contributed by atoms with Crippen molar-refractivity contribution >= 4 is 57.7 Å². The van der Waals surface area contributed by atoms with E-state index >= 15 is 0 Å². The Morgan fingerprint density at radius 3 is 2.35 bits per heavy atom. The first-order chi connectivity index (χ1) is 15.0. The van der Waals surface area contributed by atoms with Crippen LogP contribution in [0.5, 0.6) is 0 Å². The first-order valence-electron chi connectivity index (χ1n) is 9.32. The van der Waals surface area contributed by atoms with Crippen molar-refractivity contribution in [3.8, 4) is 0 Å². The van der Waals surface area contributed by atoms with Crippen LogP contribution in [0.15, 0.2) is 93.6 Å². The lowest BCUT2D eigenvalue weighted by molar-refractivity contribution is -0.385. The molecule has 0 radical (unpaired) electrons. The van der Waals surface area contributed by atoms with Gasteiger partial charge in [-0.15, -0.1) is 0 Å². The third kappa shape index (κ3) is 5.04. The van der Waals surface area contributed by atoms with Crippen molar-refractivity contribution in [1.29, 1.82) is 0 Å². The molecule has 0 atom stereocenters. The Labute approximate surface area is 193 Å². The Kier molecular flexibility index (Phi) is 6.50. The van der Waals surface area contributed by atoms with Crippen LogP contribution in [-0.2, 0) is 11.3 Å². The average Bonchev–Trinajstić information content (AvgIpc) is 3.02. The summed E-state index contributed by atoms with van der Waals surface area (Å²) in [5.74, 6) is -0.241. The summed E-state index contributed by atoms with van der Waals surface area (Å²) in [7, 11) is 0. The SMILES string of the molecule is O=C1C(=Cc2cc(Sc3ccccc3)ccc2[N+](=O)[O-])SC(=S)N1Cc1ccccc1. The molecule has 1 heterocycles. The number of carbonyl (C=O) groups is 1. The van der Waals surface area contributed by atoms with Crippen molar-refractivity contribution in [2.75, 3.05) is 0 Å². The number of nitro benzene ring substituents is 1. The van der Waals surface area contributed by atoms with Crippen molar-refractivity contribution in [2.45, 2.75) is 16.3 Å². The molecule has 0 aromatic heterocycles. The van der Waals surface area contributed by atoms with Crippen LogP contribution in [0.2, 0.25) is 0 Å². The number of thioether (sulfide) groups is 1. The molecule has 1 fully saturated rings. The van der Waals surface area contributed by atoms with E-state index < -0.39 is 4.92 Å². The summed E-state index contributed by atoms with van der Waals surface area (Å²) >= 11 is 8.07. The lowest BCUT2D eigenvalue weighted by atomic mass is 10.1.